The molecule has 2 aliphatic rings. The van der Waals surface area contributed by atoms with Gasteiger partial charge in [0.2, 0.25) is 17.7 Å². The molecule has 3 unspecified atom stereocenters. The van der Waals surface area contributed by atoms with Crippen molar-refractivity contribution in [1.29, 1.82) is 0 Å². The van der Waals surface area contributed by atoms with E-state index in [-0.39, 0.29) is 42.1 Å². The quantitative estimate of drug-likeness (QED) is 0.579. The Morgan fingerprint density at radius 2 is 1.77 bits per heavy atom. The smallest absolute Gasteiger partial charge is 0.240 e. The first-order valence-corrected chi connectivity index (χ1v) is 8.69. The van der Waals surface area contributed by atoms with Gasteiger partial charge in [-0.3, -0.25) is 19.3 Å². The highest BCUT2D eigenvalue weighted by Gasteiger charge is 2.48. The minimum absolute atomic E-state index is 0.0918. The maximum Gasteiger partial charge on any atom is 0.240 e. The molecule has 0 aromatic carbocycles. The predicted octanol–water partition coefficient (Wildman–Crippen LogP) is 2.25. The molecule has 5 heteroatoms. The zero-order valence-electron chi connectivity index (χ0n) is 13.8. The van der Waals surface area contributed by atoms with Gasteiger partial charge in [-0.05, 0) is 26.2 Å². The molecule has 1 aliphatic heterocycles. The highest BCUT2D eigenvalue weighted by molar-refractivity contribution is 6.07. The number of hydrogen-bond acceptors (Lipinski definition) is 3. The van der Waals surface area contributed by atoms with Crippen LogP contribution < -0.4 is 5.32 Å². The summed E-state index contributed by atoms with van der Waals surface area (Å²) in [5, 5.41) is 2.90. The van der Waals surface area contributed by atoms with Crippen molar-refractivity contribution in [2.75, 3.05) is 6.54 Å². The zero-order valence-corrected chi connectivity index (χ0v) is 13.8. The van der Waals surface area contributed by atoms with Gasteiger partial charge in [-0.2, -0.15) is 0 Å². The van der Waals surface area contributed by atoms with E-state index in [0.717, 1.165) is 51.4 Å². The van der Waals surface area contributed by atoms with Gasteiger partial charge in [-0.15, -0.1) is 0 Å². The van der Waals surface area contributed by atoms with Crippen molar-refractivity contribution in [1.82, 2.24) is 10.2 Å². The standard InChI is InChI=1S/C17H28N2O3/c1-3-4-5-8-12(2)18-15(20)11-19-16(21)13-9-6-7-10-14(13)17(19)22/h12-14H,3-11H2,1-2H3,(H,18,20). The highest BCUT2D eigenvalue weighted by Crippen LogP contribution is 2.37. The van der Waals surface area contributed by atoms with Crippen LogP contribution in [0.2, 0.25) is 0 Å². The second kappa shape index (κ2) is 7.75. The lowest BCUT2D eigenvalue weighted by atomic mass is 9.81. The maximum atomic E-state index is 12.3. The van der Waals surface area contributed by atoms with E-state index in [0.29, 0.717) is 0 Å². The van der Waals surface area contributed by atoms with Crippen molar-refractivity contribution in [3.05, 3.63) is 0 Å². The number of nitrogens with zero attached hydrogens (tertiary/aromatic N) is 1. The van der Waals surface area contributed by atoms with Gasteiger partial charge in [-0.1, -0.05) is 39.0 Å². The number of rotatable bonds is 7. The van der Waals surface area contributed by atoms with Crippen LogP contribution in [0.1, 0.15) is 65.2 Å². The molecule has 0 radical (unpaired) electrons. The molecule has 2 fully saturated rings. The van der Waals surface area contributed by atoms with E-state index < -0.39 is 0 Å². The van der Waals surface area contributed by atoms with E-state index in [1.54, 1.807) is 0 Å². The molecule has 1 saturated heterocycles. The number of carbonyl (C=O) groups excluding carboxylic acids is 3. The molecule has 0 bridgehead atoms. The third-order valence-electron chi connectivity index (χ3n) is 4.88. The number of carbonyl (C=O) groups is 3. The second-order valence-corrected chi connectivity index (χ2v) is 6.72. The van der Waals surface area contributed by atoms with Gasteiger partial charge in [0.1, 0.15) is 6.54 Å². The minimum Gasteiger partial charge on any atom is -0.352 e. The topological polar surface area (TPSA) is 66.5 Å². The SMILES string of the molecule is CCCCCC(C)NC(=O)CN1C(=O)C2CCCCC2C1=O. The molecule has 0 aromatic heterocycles. The summed E-state index contributed by atoms with van der Waals surface area (Å²) in [4.78, 5) is 37.9. The third-order valence-corrected chi connectivity index (χ3v) is 4.88. The zero-order chi connectivity index (χ0) is 16.1. The molecule has 124 valence electrons. The Labute approximate surface area is 132 Å². The lowest BCUT2D eigenvalue weighted by Gasteiger charge is -2.19. The van der Waals surface area contributed by atoms with Crippen molar-refractivity contribution in [3.63, 3.8) is 0 Å². The Hall–Kier alpha value is -1.39. The number of likely N-dealkylation sites (tertiary alicyclic amines) is 1. The van der Waals surface area contributed by atoms with Crippen LogP contribution in [0, 0.1) is 11.8 Å². The highest BCUT2D eigenvalue weighted by atomic mass is 16.2. The van der Waals surface area contributed by atoms with Gasteiger partial charge < -0.3 is 5.32 Å². The predicted molar refractivity (Wildman–Crippen MR) is 83.9 cm³/mol. The maximum absolute atomic E-state index is 12.3. The molecule has 1 aliphatic carbocycles. The Morgan fingerprint density at radius 3 is 2.32 bits per heavy atom. The molecule has 0 spiro atoms. The molecule has 0 aromatic rings. The van der Waals surface area contributed by atoms with Crippen molar-refractivity contribution < 1.29 is 14.4 Å². The second-order valence-electron chi connectivity index (χ2n) is 6.72. The number of nitrogens with one attached hydrogen (secondary N) is 1. The molecule has 1 saturated carbocycles. The van der Waals surface area contributed by atoms with Crippen LogP contribution in [0.3, 0.4) is 0 Å². The fraction of sp³-hybridized carbons (Fsp3) is 0.824. The fourth-order valence-electron chi connectivity index (χ4n) is 3.62. The monoisotopic (exact) mass is 308 g/mol. The molecule has 1 heterocycles. The summed E-state index contributed by atoms with van der Waals surface area (Å²) in [6, 6.07) is 0.0918. The minimum atomic E-state index is -0.218. The van der Waals surface area contributed by atoms with Crippen molar-refractivity contribution in [2.45, 2.75) is 71.3 Å². The number of fused-ring (bicyclic) bond motifs is 1. The normalized spacial score (nSPS) is 26.0. The van der Waals surface area contributed by atoms with Gasteiger partial charge in [0.25, 0.3) is 0 Å². The Balaban J connectivity index is 1.83. The Bertz CT molecular complexity index is 412. The lowest BCUT2D eigenvalue weighted by Crippen LogP contribution is -2.43. The van der Waals surface area contributed by atoms with Crippen LogP contribution in [-0.4, -0.2) is 35.2 Å². The molecule has 1 N–H and O–H groups in total. The lowest BCUT2D eigenvalue weighted by molar-refractivity contribution is -0.143. The van der Waals surface area contributed by atoms with E-state index in [4.69, 9.17) is 0 Å². The van der Waals surface area contributed by atoms with Crippen LogP contribution in [0.15, 0.2) is 0 Å². The van der Waals surface area contributed by atoms with E-state index in [9.17, 15) is 14.4 Å². The first kappa shape index (κ1) is 17.0. The molecule has 3 atom stereocenters. The van der Waals surface area contributed by atoms with Gasteiger partial charge in [0, 0.05) is 6.04 Å². The van der Waals surface area contributed by atoms with Crippen LogP contribution in [0.5, 0.6) is 0 Å². The van der Waals surface area contributed by atoms with Gasteiger partial charge in [-0.25, -0.2) is 0 Å². The van der Waals surface area contributed by atoms with E-state index >= 15 is 0 Å². The first-order valence-electron chi connectivity index (χ1n) is 8.69. The summed E-state index contributed by atoms with van der Waals surface area (Å²) in [6.45, 7) is 4.01. The average molecular weight is 308 g/mol. The van der Waals surface area contributed by atoms with Gasteiger partial charge >= 0.3 is 0 Å². The summed E-state index contributed by atoms with van der Waals surface area (Å²) < 4.78 is 0. The van der Waals surface area contributed by atoms with E-state index in [1.807, 2.05) is 6.92 Å². The van der Waals surface area contributed by atoms with Crippen LogP contribution in [-0.2, 0) is 14.4 Å². The molecular formula is C17H28N2O3. The number of hydrogen-bond donors (Lipinski definition) is 1. The molecule has 2 rings (SSSR count). The third kappa shape index (κ3) is 3.87. The molecule has 5 nitrogen and oxygen atoms in total. The number of imide groups is 1. The van der Waals surface area contributed by atoms with Crippen LogP contribution >= 0.6 is 0 Å². The Morgan fingerprint density at radius 1 is 1.18 bits per heavy atom. The summed E-state index contributed by atoms with van der Waals surface area (Å²) in [5.41, 5.74) is 0. The van der Waals surface area contributed by atoms with Crippen molar-refractivity contribution >= 4 is 17.7 Å². The summed E-state index contributed by atoms with van der Waals surface area (Å²) in [6.07, 6.45) is 7.94. The summed E-state index contributed by atoms with van der Waals surface area (Å²) >= 11 is 0. The summed E-state index contributed by atoms with van der Waals surface area (Å²) in [7, 11) is 0. The fourth-order valence-corrected chi connectivity index (χ4v) is 3.62. The Kier molecular flexibility index (Phi) is 5.98. The molecular weight excluding hydrogens is 280 g/mol. The van der Waals surface area contributed by atoms with Gasteiger partial charge in [0.05, 0.1) is 11.8 Å². The largest absolute Gasteiger partial charge is 0.352 e. The molecule has 3 amide bonds. The van der Waals surface area contributed by atoms with E-state index in [2.05, 4.69) is 12.2 Å². The van der Waals surface area contributed by atoms with Gasteiger partial charge in [0.15, 0.2) is 0 Å². The van der Waals surface area contributed by atoms with Crippen LogP contribution in [0.25, 0.3) is 0 Å². The number of amides is 3. The van der Waals surface area contributed by atoms with Crippen LogP contribution in [0.4, 0.5) is 0 Å². The van der Waals surface area contributed by atoms with E-state index in [1.165, 1.54) is 4.90 Å². The average Bonchev–Trinajstić information content (AvgIpc) is 2.73. The number of unbranched alkanes of at least 4 members (excludes halogenated alkanes) is 2. The van der Waals surface area contributed by atoms with Crippen molar-refractivity contribution in [2.24, 2.45) is 11.8 Å². The first-order chi connectivity index (χ1) is 10.5. The molecule has 22 heavy (non-hydrogen) atoms. The van der Waals surface area contributed by atoms with Crippen molar-refractivity contribution in [3.8, 4) is 0 Å². The summed E-state index contributed by atoms with van der Waals surface area (Å²) in [5.74, 6) is -0.830.